The molecule has 1 aromatic rings. The Morgan fingerprint density at radius 3 is 2.67 bits per heavy atom. The molecule has 3 rings (SSSR count). The van der Waals surface area contributed by atoms with Gasteiger partial charge in [-0.3, -0.25) is 9.59 Å². The number of carbonyl (C=O) groups is 3. The predicted octanol–water partition coefficient (Wildman–Crippen LogP) is 0.494. The van der Waals surface area contributed by atoms with Crippen LogP contribution < -0.4 is 4.90 Å². The summed E-state index contributed by atoms with van der Waals surface area (Å²) in [4.78, 5) is 42.5. The number of rotatable bonds is 3. The Bertz CT molecular complexity index is 640. The van der Waals surface area contributed by atoms with E-state index in [4.69, 9.17) is 9.57 Å². The zero-order valence-electron chi connectivity index (χ0n) is 11.2. The molecule has 2 aliphatic rings. The summed E-state index contributed by atoms with van der Waals surface area (Å²) in [5.41, 5.74) is 0.285. The first-order valence-electron chi connectivity index (χ1n) is 6.49. The van der Waals surface area contributed by atoms with E-state index in [9.17, 15) is 14.4 Å². The molecule has 108 valence electrons. The van der Waals surface area contributed by atoms with Crippen molar-refractivity contribution in [2.24, 2.45) is 11.1 Å². The lowest BCUT2D eigenvalue weighted by atomic mass is 10.00. The van der Waals surface area contributed by atoms with Crippen LogP contribution >= 0.6 is 0 Å². The summed E-state index contributed by atoms with van der Waals surface area (Å²) < 4.78 is 4.83. The molecule has 2 heterocycles. The lowest BCUT2D eigenvalue weighted by Gasteiger charge is -2.14. The zero-order chi connectivity index (χ0) is 15.0. The molecule has 1 aromatic carbocycles. The van der Waals surface area contributed by atoms with Gasteiger partial charge in [-0.25, -0.2) is 9.69 Å². The summed E-state index contributed by atoms with van der Waals surface area (Å²) in [6.45, 7) is 1.80. The third kappa shape index (κ3) is 1.97. The molecule has 0 unspecified atom stereocenters. The van der Waals surface area contributed by atoms with E-state index in [2.05, 4.69) is 5.16 Å². The fraction of sp³-hybridized carbons (Fsp3) is 0.286. The van der Waals surface area contributed by atoms with E-state index < -0.39 is 29.8 Å². The Morgan fingerprint density at radius 1 is 1.29 bits per heavy atom. The van der Waals surface area contributed by atoms with Crippen molar-refractivity contribution in [1.29, 1.82) is 0 Å². The summed E-state index contributed by atoms with van der Waals surface area (Å²) in [7, 11) is 0. The van der Waals surface area contributed by atoms with Crippen LogP contribution in [-0.2, 0) is 24.0 Å². The molecule has 0 saturated carbocycles. The van der Waals surface area contributed by atoms with Crippen LogP contribution in [0.1, 0.15) is 6.92 Å². The highest BCUT2D eigenvalue weighted by molar-refractivity contribution is 6.46. The highest BCUT2D eigenvalue weighted by Gasteiger charge is 2.57. The highest BCUT2D eigenvalue weighted by atomic mass is 16.7. The second-order valence-corrected chi connectivity index (χ2v) is 4.55. The number of esters is 1. The van der Waals surface area contributed by atoms with Gasteiger partial charge in [0, 0.05) is 0 Å². The Kier molecular flexibility index (Phi) is 3.17. The first kappa shape index (κ1) is 13.3. The van der Waals surface area contributed by atoms with Crippen LogP contribution in [0.5, 0.6) is 0 Å². The summed E-state index contributed by atoms with van der Waals surface area (Å²) in [5, 5.41) is 3.54. The number of para-hydroxylation sites is 1. The number of oxime groups is 1. The SMILES string of the molecule is CCOC(=O)C1=NO[C@H]2C(=O)N(c3ccccc3)C(=O)[C@H]12. The van der Waals surface area contributed by atoms with Crippen molar-refractivity contribution in [1.82, 2.24) is 0 Å². The van der Waals surface area contributed by atoms with Gasteiger partial charge in [-0.15, -0.1) is 0 Å². The van der Waals surface area contributed by atoms with Crippen molar-refractivity contribution < 1.29 is 24.0 Å². The van der Waals surface area contributed by atoms with Crippen LogP contribution in [0.4, 0.5) is 5.69 Å². The van der Waals surface area contributed by atoms with Gasteiger partial charge in [0.2, 0.25) is 12.0 Å². The van der Waals surface area contributed by atoms with Gasteiger partial charge in [-0.2, -0.15) is 0 Å². The number of amides is 2. The minimum Gasteiger partial charge on any atom is -0.461 e. The fourth-order valence-corrected chi connectivity index (χ4v) is 2.38. The van der Waals surface area contributed by atoms with Crippen LogP contribution in [0.3, 0.4) is 0 Å². The average Bonchev–Trinajstić information content (AvgIpc) is 3.02. The molecule has 1 fully saturated rings. The number of ether oxygens (including phenoxy) is 1. The molecule has 0 N–H and O–H groups in total. The van der Waals surface area contributed by atoms with E-state index in [1.54, 1.807) is 37.3 Å². The number of carbonyl (C=O) groups excluding carboxylic acids is 3. The molecule has 0 aromatic heterocycles. The Morgan fingerprint density at radius 2 is 2.00 bits per heavy atom. The second-order valence-electron chi connectivity index (χ2n) is 4.55. The number of nitrogens with zero attached hydrogens (tertiary/aromatic N) is 2. The molecule has 1 saturated heterocycles. The maximum atomic E-state index is 12.5. The standard InChI is InChI=1S/C14H12N2O5/c1-2-20-14(19)10-9-11(21-15-10)13(18)16(12(9)17)8-6-4-3-5-7-8/h3-7,9,11H,2H2,1H3/t9-,11-/m1/s1. The lowest BCUT2D eigenvalue weighted by molar-refractivity contribution is -0.136. The molecular weight excluding hydrogens is 276 g/mol. The normalized spacial score (nSPS) is 23.7. The van der Waals surface area contributed by atoms with E-state index in [1.807, 2.05) is 0 Å². The lowest BCUT2D eigenvalue weighted by Crippen LogP contribution is -2.34. The smallest absolute Gasteiger partial charge is 0.357 e. The van der Waals surface area contributed by atoms with Gasteiger partial charge < -0.3 is 9.57 Å². The fourth-order valence-electron chi connectivity index (χ4n) is 2.38. The van der Waals surface area contributed by atoms with Crippen molar-refractivity contribution in [2.45, 2.75) is 13.0 Å². The molecule has 7 nitrogen and oxygen atoms in total. The van der Waals surface area contributed by atoms with Gasteiger partial charge in [-0.05, 0) is 19.1 Å². The maximum Gasteiger partial charge on any atom is 0.357 e. The van der Waals surface area contributed by atoms with Gasteiger partial charge in [-0.1, -0.05) is 23.4 Å². The quantitative estimate of drug-likeness (QED) is 0.597. The van der Waals surface area contributed by atoms with Crippen molar-refractivity contribution >= 4 is 29.2 Å². The predicted molar refractivity (Wildman–Crippen MR) is 71.4 cm³/mol. The maximum absolute atomic E-state index is 12.5. The number of anilines is 1. The second kappa shape index (κ2) is 5.01. The number of hydrogen-bond donors (Lipinski definition) is 0. The minimum absolute atomic E-state index is 0.153. The average molecular weight is 288 g/mol. The molecule has 2 amide bonds. The third-order valence-electron chi connectivity index (χ3n) is 3.31. The Hall–Kier alpha value is -2.70. The van der Waals surface area contributed by atoms with E-state index >= 15 is 0 Å². The molecule has 0 aliphatic carbocycles. The van der Waals surface area contributed by atoms with Gasteiger partial charge >= 0.3 is 5.97 Å². The van der Waals surface area contributed by atoms with Gasteiger partial charge in [0.1, 0.15) is 5.92 Å². The summed E-state index contributed by atoms with van der Waals surface area (Å²) in [6.07, 6.45) is -1.09. The van der Waals surface area contributed by atoms with E-state index in [-0.39, 0.29) is 12.3 Å². The number of fused-ring (bicyclic) bond motifs is 1. The summed E-state index contributed by atoms with van der Waals surface area (Å²) in [6, 6.07) is 8.48. The molecule has 0 spiro atoms. The zero-order valence-corrected chi connectivity index (χ0v) is 11.2. The highest BCUT2D eigenvalue weighted by Crippen LogP contribution is 2.33. The summed E-state index contributed by atoms with van der Waals surface area (Å²) in [5.74, 6) is -2.82. The molecule has 21 heavy (non-hydrogen) atoms. The number of benzene rings is 1. The van der Waals surface area contributed by atoms with Crippen LogP contribution in [0.15, 0.2) is 35.5 Å². The molecule has 0 bridgehead atoms. The topological polar surface area (TPSA) is 85.3 Å². The van der Waals surface area contributed by atoms with Crippen molar-refractivity contribution in [3.8, 4) is 0 Å². The van der Waals surface area contributed by atoms with Crippen LogP contribution in [-0.4, -0.2) is 36.2 Å². The van der Waals surface area contributed by atoms with Crippen molar-refractivity contribution in [3.63, 3.8) is 0 Å². The van der Waals surface area contributed by atoms with Crippen LogP contribution in [0.25, 0.3) is 0 Å². The first-order chi connectivity index (χ1) is 10.1. The Balaban J connectivity index is 1.91. The van der Waals surface area contributed by atoms with Crippen LogP contribution in [0, 0.1) is 5.92 Å². The van der Waals surface area contributed by atoms with Crippen molar-refractivity contribution in [2.75, 3.05) is 11.5 Å². The van der Waals surface area contributed by atoms with Crippen LogP contribution in [0.2, 0.25) is 0 Å². The monoisotopic (exact) mass is 288 g/mol. The van der Waals surface area contributed by atoms with E-state index in [0.717, 1.165) is 4.90 Å². The molecular formula is C14H12N2O5. The molecule has 2 aliphatic heterocycles. The first-order valence-corrected chi connectivity index (χ1v) is 6.49. The third-order valence-corrected chi connectivity index (χ3v) is 3.31. The largest absolute Gasteiger partial charge is 0.461 e. The summed E-state index contributed by atoms with van der Waals surface area (Å²) >= 11 is 0. The molecule has 2 atom stereocenters. The van der Waals surface area contributed by atoms with Gasteiger partial charge in [0.25, 0.3) is 5.91 Å². The molecule has 7 heteroatoms. The van der Waals surface area contributed by atoms with E-state index in [0.29, 0.717) is 5.69 Å². The van der Waals surface area contributed by atoms with Gasteiger partial charge in [0.15, 0.2) is 5.71 Å². The number of hydrogen-bond acceptors (Lipinski definition) is 6. The number of imide groups is 1. The van der Waals surface area contributed by atoms with Gasteiger partial charge in [0.05, 0.1) is 12.3 Å². The van der Waals surface area contributed by atoms with Crippen molar-refractivity contribution in [3.05, 3.63) is 30.3 Å². The Labute approximate surface area is 120 Å². The van der Waals surface area contributed by atoms with E-state index in [1.165, 1.54) is 0 Å². The molecule has 0 radical (unpaired) electrons. The minimum atomic E-state index is -1.09.